The van der Waals surface area contributed by atoms with Gasteiger partial charge in [-0.15, -0.1) is 0 Å². The Morgan fingerprint density at radius 3 is 2.85 bits per heavy atom. The summed E-state index contributed by atoms with van der Waals surface area (Å²) in [5.74, 6) is 0.633. The molecule has 0 amide bonds. The zero-order chi connectivity index (χ0) is 14.7. The van der Waals surface area contributed by atoms with Crippen LogP contribution in [0, 0.1) is 10.1 Å². The lowest BCUT2D eigenvalue weighted by Gasteiger charge is -2.05. The first-order valence-electron chi connectivity index (χ1n) is 5.70. The maximum atomic E-state index is 10.7. The highest BCUT2D eigenvalue weighted by molar-refractivity contribution is 9.10. The van der Waals surface area contributed by atoms with Crippen molar-refractivity contribution in [3.05, 3.63) is 50.2 Å². The summed E-state index contributed by atoms with van der Waals surface area (Å²) in [6.07, 6.45) is 1.63. The van der Waals surface area contributed by atoms with E-state index in [1.54, 1.807) is 12.3 Å². The largest absolute Gasteiger partial charge is 0.390 e. The Bertz CT molecular complexity index is 645. The predicted molar refractivity (Wildman–Crippen MR) is 79.5 cm³/mol. The van der Waals surface area contributed by atoms with Crippen molar-refractivity contribution < 1.29 is 10.0 Å². The van der Waals surface area contributed by atoms with Gasteiger partial charge in [0.25, 0.3) is 5.69 Å². The van der Waals surface area contributed by atoms with Crippen LogP contribution in [-0.2, 0) is 19.4 Å². The van der Waals surface area contributed by atoms with E-state index in [4.69, 9.17) is 5.11 Å². The summed E-state index contributed by atoms with van der Waals surface area (Å²) in [5.41, 5.74) is 1.76. The molecule has 1 N–H and O–H groups in total. The van der Waals surface area contributed by atoms with Crippen LogP contribution in [0.25, 0.3) is 0 Å². The maximum absolute atomic E-state index is 10.7. The number of hydrogen-bond acceptors (Lipinski definition) is 5. The number of nitrogens with zero attached hydrogens (tertiary/aromatic N) is 3. The SMILES string of the molecule is Cn1c(CO)cnc1SCc1ccc([N+](=O)[O-])cc1Br. The van der Waals surface area contributed by atoms with Crippen LogP contribution in [-0.4, -0.2) is 19.6 Å². The molecule has 0 saturated carbocycles. The van der Waals surface area contributed by atoms with Gasteiger partial charge >= 0.3 is 0 Å². The number of aromatic nitrogens is 2. The van der Waals surface area contributed by atoms with Gasteiger partial charge in [-0.25, -0.2) is 4.98 Å². The topological polar surface area (TPSA) is 81.2 Å². The molecule has 2 aromatic rings. The van der Waals surface area contributed by atoms with Gasteiger partial charge in [0.2, 0.25) is 0 Å². The first kappa shape index (κ1) is 15.0. The van der Waals surface area contributed by atoms with E-state index >= 15 is 0 Å². The Hall–Kier alpha value is -1.38. The highest BCUT2D eigenvalue weighted by Gasteiger charge is 2.11. The van der Waals surface area contributed by atoms with E-state index in [1.807, 2.05) is 11.6 Å². The molecule has 0 saturated heterocycles. The molecule has 1 aromatic carbocycles. The Morgan fingerprint density at radius 1 is 1.55 bits per heavy atom. The number of hydrogen-bond donors (Lipinski definition) is 1. The van der Waals surface area contributed by atoms with Gasteiger partial charge in [-0.05, 0) is 5.56 Å². The molecule has 0 aliphatic heterocycles. The Kier molecular flexibility index (Phi) is 4.79. The van der Waals surface area contributed by atoms with Crippen molar-refractivity contribution in [1.29, 1.82) is 0 Å². The molecule has 1 aromatic heterocycles. The van der Waals surface area contributed by atoms with Crippen LogP contribution in [0.1, 0.15) is 11.3 Å². The van der Waals surface area contributed by atoms with Crippen molar-refractivity contribution in [2.45, 2.75) is 17.5 Å². The monoisotopic (exact) mass is 357 g/mol. The molecule has 0 fully saturated rings. The lowest BCUT2D eigenvalue weighted by molar-refractivity contribution is -0.384. The van der Waals surface area contributed by atoms with Gasteiger partial charge in [0.05, 0.1) is 23.4 Å². The van der Waals surface area contributed by atoms with Crippen molar-refractivity contribution in [2.75, 3.05) is 0 Å². The fraction of sp³-hybridized carbons (Fsp3) is 0.250. The van der Waals surface area contributed by atoms with Gasteiger partial charge in [0.1, 0.15) is 0 Å². The molecule has 2 rings (SSSR count). The van der Waals surface area contributed by atoms with Gasteiger partial charge < -0.3 is 9.67 Å². The van der Waals surface area contributed by atoms with Crippen LogP contribution in [0.5, 0.6) is 0 Å². The zero-order valence-electron chi connectivity index (χ0n) is 10.6. The van der Waals surface area contributed by atoms with Crippen LogP contribution in [0.2, 0.25) is 0 Å². The number of thioether (sulfide) groups is 1. The normalized spacial score (nSPS) is 10.8. The molecule has 0 bridgehead atoms. The number of aliphatic hydroxyl groups is 1. The quantitative estimate of drug-likeness (QED) is 0.505. The number of halogens is 1. The number of nitro benzene ring substituents is 1. The van der Waals surface area contributed by atoms with Crippen LogP contribution in [0.3, 0.4) is 0 Å². The van der Waals surface area contributed by atoms with E-state index in [-0.39, 0.29) is 12.3 Å². The minimum Gasteiger partial charge on any atom is -0.390 e. The summed E-state index contributed by atoms with van der Waals surface area (Å²) in [4.78, 5) is 14.5. The Balaban J connectivity index is 2.11. The fourth-order valence-corrected chi connectivity index (χ4v) is 3.28. The first-order valence-corrected chi connectivity index (χ1v) is 7.48. The van der Waals surface area contributed by atoms with Crippen LogP contribution >= 0.6 is 27.7 Å². The minimum atomic E-state index is -0.423. The van der Waals surface area contributed by atoms with Crippen molar-refractivity contribution in [2.24, 2.45) is 7.05 Å². The number of rotatable bonds is 5. The van der Waals surface area contributed by atoms with Gasteiger partial charge in [-0.2, -0.15) is 0 Å². The van der Waals surface area contributed by atoms with Crippen molar-refractivity contribution in [1.82, 2.24) is 9.55 Å². The van der Waals surface area contributed by atoms with E-state index in [1.165, 1.54) is 23.9 Å². The van der Waals surface area contributed by atoms with E-state index in [0.717, 1.165) is 16.4 Å². The van der Waals surface area contributed by atoms with E-state index < -0.39 is 4.92 Å². The lowest BCUT2D eigenvalue weighted by atomic mass is 10.2. The van der Waals surface area contributed by atoms with Crippen molar-refractivity contribution in [3.63, 3.8) is 0 Å². The summed E-state index contributed by atoms with van der Waals surface area (Å²) in [5, 5.41) is 20.6. The van der Waals surface area contributed by atoms with Gasteiger partial charge in [-0.3, -0.25) is 10.1 Å². The van der Waals surface area contributed by atoms with Gasteiger partial charge in [0, 0.05) is 29.4 Å². The highest BCUT2D eigenvalue weighted by atomic mass is 79.9. The van der Waals surface area contributed by atoms with Crippen LogP contribution < -0.4 is 0 Å². The van der Waals surface area contributed by atoms with Gasteiger partial charge in [0.15, 0.2) is 5.16 Å². The van der Waals surface area contributed by atoms with Crippen molar-refractivity contribution >= 4 is 33.4 Å². The molecule has 106 valence electrons. The standard InChI is InChI=1S/C12H12BrN3O3S/c1-15-10(6-17)5-14-12(15)20-7-8-2-3-9(16(18)19)4-11(8)13/h2-5,17H,6-7H2,1H3. The van der Waals surface area contributed by atoms with E-state index in [9.17, 15) is 10.1 Å². The molecule has 20 heavy (non-hydrogen) atoms. The summed E-state index contributed by atoms with van der Waals surface area (Å²) in [6, 6.07) is 4.71. The highest BCUT2D eigenvalue weighted by Crippen LogP contribution is 2.29. The second-order valence-corrected chi connectivity index (χ2v) is 5.87. The molecule has 0 atom stereocenters. The first-order chi connectivity index (χ1) is 9.52. The summed E-state index contributed by atoms with van der Waals surface area (Å²) in [6.45, 7) is -0.0503. The number of benzene rings is 1. The third-order valence-electron chi connectivity index (χ3n) is 2.81. The molecule has 0 aliphatic rings. The molecule has 8 heteroatoms. The molecule has 0 aliphatic carbocycles. The zero-order valence-corrected chi connectivity index (χ0v) is 13.0. The summed E-state index contributed by atoms with van der Waals surface area (Å²) < 4.78 is 2.53. The average molecular weight is 358 g/mol. The summed E-state index contributed by atoms with van der Waals surface area (Å²) in [7, 11) is 1.84. The average Bonchev–Trinajstić information content (AvgIpc) is 2.77. The Morgan fingerprint density at radius 2 is 2.30 bits per heavy atom. The fourth-order valence-electron chi connectivity index (χ4n) is 1.62. The Labute approximate surface area is 128 Å². The number of non-ortho nitro benzene ring substituents is 1. The number of aliphatic hydroxyl groups excluding tert-OH is 1. The molecular formula is C12H12BrN3O3S. The lowest BCUT2D eigenvalue weighted by Crippen LogP contribution is -1.97. The molecule has 6 nitrogen and oxygen atoms in total. The van der Waals surface area contributed by atoms with E-state index in [0.29, 0.717) is 10.2 Å². The maximum Gasteiger partial charge on any atom is 0.270 e. The molecule has 0 radical (unpaired) electrons. The van der Waals surface area contributed by atoms with Crippen LogP contribution in [0.15, 0.2) is 34.0 Å². The van der Waals surface area contributed by atoms with E-state index in [2.05, 4.69) is 20.9 Å². The molecule has 1 heterocycles. The third-order valence-corrected chi connectivity index (χ3v) is 4.64. The van der Waals surface area contributed by atoms with Gasteiger partial charge in [-0.1, -0.05) is 33.8 Å². The predicted octanol–water partition coefficient (Wildman–Crippen LogP) is 2.88. The smallest absolute Gasteiger partial charge is 0.270 e. The van der Waals surface area contributed by atoms with Crippen LogP contribution in [0.4, 0.5) is 5.69 Å². The molecular weight excluding hydrogens is 346 g/mol. The molecule has 0 unspecified atom stereocenters. The minimum absolute atomic E-state index is 0.0503. The molecule has 0 spiro atoms. The number of imidazole rings is 1. The number of nitro groups is 1. The third kappa shape index (κ3) is 3.20. The second-order valence-electron chi connectivity index (χ2n) is 4.07. The summed E-state index contributed by atoms with van der Waals surface area (Å²) >= 11 is 4.85. The van der Waals surface area contributed by atoms with Crippen molar-refractivity contribution in [3.8, 4) is 0 Å². The second kappa shape index (κ2) is 6.38.